The van der Waals surface area contributed by atoms with Crippen molar-refractivity contribution in [1.82, 2.24) is 4.72 Å². The fourth-order valence-corrected chi connectivity index (χ4v) is 3.73. The van der Waals surface area contributed by atoms with Crippen LogP contribution >= 0.6 is 23.2 Å². The summed E-state index contributed by atoms with van der Waals surface area (Å²) in [6.45, 7) is 8.56. The number of halogens is 2. The molecule has 1 aromatic carbocycles. The monoisotopic (exact) mass is 423 g/mol. The molecule has 0 saturated carbocycles. The standard InChI is InChI=1S/C17H23Cl2NO5S/c1-10(2)8-20-26(23,24)14-6-11(12(18)7-13(14)19)16(22)25-9-15(21)17(3,4)5/h6-7,10,20H,8-9H2,1-5H3. The quantitative estimate of drug-likeness (QED) is 0.675. The molecule has 0 amide bonds. The molecule has 1 rings (SSSR count). The van der Waals surface area contributed by atoms with Crippen LogP contribution < -0.4 is 4.72 Å². The van der Waals surface area contributed by atoms with E-state index < -0.39 is 28.0 Å². The van der Waals surface area contributed by atoms with Gasteiger partial charge in [-0.2, -0.15) is 0 Å². The third-order valence-electron chi connectivity index (χ3n) is 3.38. The van der Waals surface area contributed by atoms with Crippen LogP contribution in [0.5, 0.6) is 0 Å². The first-order chi connectivity index (χ1) is 11.8. The Morgan fingerprint density at radius 1 is 1.15 bits per heavy atom. The van der Waals surface area contributed by atoms with Gasteiger partial charge in [-0.1, -0.05) is 57.8 Å². The second-order valence-corrected chi connectivity index (χ2v) is 9.81. The maximum Gasteiger partial charge on any atom is 0.340 e. The molecule has 0 saturated heterocycles. The Kier molecular flexibility index (Phi) is 7.65. The van der Waals surface area contributed by atoms with Crippen molar-refractivity contribution in [2.45, 2.75) is 39.5 Å². The Hall–Kier alpha value is -1.15. The summed E-state index contributed by atoms with van der Waals surface area (Å²) in [4.78, 5) is 23.8. The molecule has 9 heteroatoms. The zero-order valence-corrected chi connectivity index (χ0v) is 17.7. The van der Waals surface area contributed by atoms with Crippen LogP contribution in [0, 0.1) is 11.3 Å². The highest BCUT2D eigenvalue weighted by Crippen LogP contribution is 2.29. The van der Waals surface area contributed by atoms with E-state index in [1.807, 2.05) is 13.8 Å². The second-order valence-electron chi connectivity index (χ2n) is 7.26. The van der Waals surface area contributed by atoms with Crippen molar-refractivity contribution in [3.8, 4) is 0 Å². The number of carbonyl (C=O) groups excluding carboxylic acids is 2. The highest BCUT2D eigenvalue weighted by Gasteiger charge is 2.26. The summed E-state index contributed by atoms with van der Waals surface area (Å²) in [5.41, 5.74) is -0.845. The van der Waals surface area contributed by atoms with Gasteiger partial charge in [-0.25, -0.2) is 17.9 Å². The average molecular weight is 424 g/mol. The maximum atomic E-state index is 12.4. The van der Waals surface area contributed by atoms with Gasteiger partial charge in [0.05, 0.1) is 15.6 Å². The SMILES string of the molecule is CC(C)CNS(=O)(=O)c1cc(C(=O)OCC(=O)C(C)(C)C)c(Cl)cc1Cl. The topological polar surface area (TPSA) is 89.5 Å². The number of Topliss-reactive ketones (excluding diaryl/α,β-unsaturated/α-hetero) is 1. The number of hydrogen-bond donors (Lipinski definition) is 1. The van der Waals surface area contributed by atoms with Crippen molar-refractivity contribution in [3.63, 3.8) is 0 Å². The molecule has 26 heavy (non-hydrogen) atoms. The van der Waals surface area contributed by atoms with Gasteiger partial charge in [0.25, 0.3) is 0 Å². The fourth-order valence-electron chi connectivity index (χ4n) is 1.67. The van der Waals surface area contributed by atoms with E-state index in [2.05, 4.69) is 4.72 Å². The third-order valence-corrected chi connectivity index (χ3v) is 5.58. The summed E-state index contributed by atoms with van der Waals surface area (Å²) in [7, 11) is -3.93. The first-order valence-electron chi connectivity index (χ1n) is 7.95. The first-order valence-corrected chi connectivity index (χ1v) is 10.2. The summed E-state index contributed by atoms with van der Waals surface area (Å²) < 4.78 is 32.2. The number of sulfonamides is 1. The number of nitrogens with one attached hydrogen (secondary N) is 1. The van der Waals surface area contributed by atoms with E-state index in [0.717, 1.165) is 12.1 Å². The van der Waals surface area contributed by atoms with Gasteiger partial charge in [0.2, 0.25) is 10.0 Å². The Balaban J connectivity index is 3.11. The molecule has 0 aliphatic carbocycles. The van der Waals surface area contributed by atoms with Crippen molar-refractivity contribution in [2.24, 2.45) is 11.3 Å². The molecule has 0 spiro atoms. The molecule has 0 aromatic heterocycles. The smallest absolute Gasteiger partial charge is 0.340 e. The van der Waals surface area contributed by atoms with Crippen molar-refractivity contribution < 1.29 is 22.7 Å². The summed E-state index contributed by atoms with van der Waals surface area (Å²) in [6, 6.07) is 2.21. The van der Waals surface area contributed by atoms with Gasteiger partial charge in [0.1, 0.15) is 4.90 Å². The molecule has 0 atom stereocenters. The lowest BCUT2D eigenvalue weighted by Crippen LogP contribution is -2.28. The van der Waals surface area contributed by atoms with Crippen LogP contribution in [0.4, 0.5) is 0 Å². The minimum absolute atomic E-state index is 0.0639. The predicted molar refractivity (Wildman–Crippen MR) is 101 cm³/mol. The summed E-state index contributed by atoms with van der Waals surface area (Å²) in [5.74, 6) is -1.09. The van der Waals surface area contributed by atoms with Crippen LogP contribution in [0.25, 0.3) is 0 Å². The molecule has 0 aliphatic heterocycles. The molecule has 0 radical (unpaired) electrons. The number of hydrogen-bond acceptors (Lipinski definition) is 5. The van der Waals surface area contributed by atoms with Gasteiger partial charge in [0, 0.05) is 12.0 Å². The molecule has 6 nitrogen and oxygen atoms in total. The van der Waals surface area contributed by atoms with Crippen molar-refractivity contribution in [3.05, 3.63) is 27.7 Å². The number of esters is 1. The molecule has 0 aliphatic rings. The van der Waals surface area contributed by atoms with Crippen molar-refractivity contribution in [1.29, 1.82) is 0 Å². The highest BCUT2D eigenvalue weighted by molar-refractivity contribution is 7.89. The second kappa shape index (κ2) is 8.69. The van der Waals surface area contributed by atoms with E-state index >= 15 is 0 Å². The normalized spacial score (nSPS) is 12.3. The molecule has 146 valence electrons. The lowest BCUT2D eigenvalue weighted by Gasteiger charge is -2.16. The highest BCUT2D eigenvalue weighted by atomic mass is 35.5. The van der Waals surface area contributed by atoms with E-state index in [1.165, 1.54) is 0 Å². The average Bonchev–Trinajstić information content (AvgIpc) is 2.49. The number of ketones is 1. The van der Waals surface area contributed by atoms with Gasteiger partial charge in [-0.15, -0.1) is 0 Å². The third kappa shape index (κ3) is 6.23. The lowest BCUT2D eigenvalue weighted by atomic mass is 9.91. The number of ether oxygens (including phenoxy) is 1. The molecule has 0 unspecified atom stereocenters. The van der Waals surface area contributed by atoms with Crippen LogP contribution in [0.15, 0.2) is 17.0 Å². The van der Waals surface area contributed by atoms with Gasteiger partial charge < -0.3 is 4.74 Å². The molecule has 1 N–H and O–H groups in total. The number of rotatable bonds is 7. The maximum absolute atomic E-state index is 12.4. The molecular weight excluding hydrogens is 401 g/mol. The van der Waals surface area contributed by atoms with E-state index in [0.29, 0.717) is 0 Å². The van der Waals surface area contributed by atoms with Crippen LogP contribution in [0.1, 0.15) is 45.0 Å². The Morgan fingerprint density at radius 2 is 1.73 bits per heavy atom. The first kappa shape index (κ1) is 22.9. The van der Waals surface area contributed by atoms with Crippen LogP contribution in [-0.4, -0.2) is 33.3 Å². The lowest BCUT2D eigenvalue weighted by molar-refractivity contribution is -0.129. The Labute approximate surface area is 164 Å². The van der Waals surface area contributed by atoms with E-state index in [4.69, 9.17) is 27.9 Å². The Bertz CT molecular complexity index is 798. The fraction of sp³-hybridized carbons (Fsp3) is 0.529. The molecular formula is C17H23Cl2NO5S. The minimum Gasteiger partial charge on any atom is -0.454 e. The number of carbonyl (C=O) groups is 2. The van der Waals surface area contributed by atoms with Crippen LogP contribution in [-0.2, 0) is 19.6 Å². The van der Waals surface area contributed by atoms with Gasteiger partial charge >= 0.3 is 5.97 Å². The Morgan fingerprint density at radius 3 is 2.23 bits per heavy atom. The molecule has 0 bridgehead atoms. The van der Waals surface area contributed by atoms with Gasteiger partial charge in [-0.05, 0) is 18.1 Å². The van der Waals surface area contributed by atoms with Crippen LogP contribution in [0.3, 0.4) is 0 Å². The number of benzene rings is 1. The van der Waals surface area contributed by atoms with Gasteiger partial charge in [-0.3, -0.25) is 4.79 Å². The zero-order chi connectivity index (χ0) is 20.3. The van der Waals surface area contributed by atoms with Crippen molar-refractivity contribution in [2.75, 3.05) is 13.2 Å². The largest absolute Gasteiger partial charge is 0.454 e. The zero-order valence-electron chi connectivity index (χ0n) is 15.4. The van der Waals surface area contributed by atoms with Gasteiger partial charge in [0.15, 0.2) is 12.4 Å². The van der Waals surface area contributed by atoms with Crippen LogP contribution in [0.2, 0.25) is 10.0 Å². The summed E-state index contributed by atoms with van der Waals surface area (Å²) >= 11 is 12.0. The molecule has 1 aromatic rings. The van der Waals surface area contributed by atoms with E-state index in [1.54, 1.807) is 20.8 Å². The summed E-state index contributed by atoms with van der Waals surface area (Å²) in [5, 5.41) is -0.181. The molecule has 0 heterocycles. The van der Waals surface area contributed by atoms with Crippen molar-refractivity contribution >= 4 is 45.0 Å². The molecule has 0 fully saturated rings. The predicted octanol–water partition coefficient (Wildman–Crippen LogP) is 3.70. The minimum atomic E-state index is -3.93. The summed E-state index contributed by atoms with van der Waals surface area (Å²) in [6.07, 6.45) is 0. The van der Waals surface area contributed by atoms with E-state index in [-0.39, 0.29) is 38.8 Å². The van der Waals surface area contributed by atoms with E-state index in [9.17, 15) is 18.0 Å².